The summed E-state index contributed by atoms with van der Waals surface area (Å²) in [7, 11) is -3.74. The lowest BCUT2D eigenvalue weighted by Gasteiger charge is -2.20. The number of hydrogen-bond donors (Lipinski definition) is 1. The van der Waals surface area contributed by atoms with Crippen LogP contribution in [-0.4, -0.2) is 27.9 Å². The Morgan fingerprint density at radius 3 is 2.71 bits per heavy atom. The molecule has 3 atom stereocenters. The summed E-state index contributed by atoms with van der Waals surface area (Å²) < 4.78 is 17.2. The molecular formula is C15H24NO4P. The fourth-order valence-electron chi connectivity index (χ4n) is 1.97. The molecule has 1 N–H and O–H groups in total. The zero-order valence-electron chi connectivity index (χ0n) is 12.9. The van der Waals surface area contributed by atoms with Crippen LogP contribution in [0.5, 0.6) is 0 Å². The van der Waals surface area contributed by atoms with Crippen molar-refractivity contribution in [2.75, 3.05) is 6.16 Å². The van der Waals surface area contributed by atoms with Gasteiger partial charge in [-0.3, -0.25) is 14.3 Å². The molecule has 0 spiro atoms. The molecule has 0 saturated heterocycles. The fourth-order valence-corrected chi connectivity index (χ4v) is 3.76. The summed E-state index contributed by atoms with van der Waals surface area (Å²) >= 11 is 0. The highest BCUT2D eigenvalue weighted by Crippen LogP contribution is 2.46. The lowest BCUT2D eigenvalue weighted by Crippen LogP contribution is -2.19. The predicted molar refractivity (Wildman–Crippen MR) is 82.3 cm³/mol. The Bertz CT molecular complexity index is 492. The minimum Gasteiger partial charge on any atom is -0.324 e. The highest BCUT2D eigenvalue weighted by atomic mass is 31.2. The molecule has 1 aromatic rings. The summed E-state index contributed by atoms with van der Waals surface area (Å²) in [6.07, 6.45) is 3.04. The lowest BCUT2D eigenvalue weighted by molar-refractivity contribution is -0.120. The van der Waals surface area contributed by atoms with E-state index in [-0.39, 0.29) is 18.0 Å². The van der Waals surface area contributed by atoms with Gasteiger partial charge in [0.1, 0.15) is 5.78 Å². The number of hydrogen-bond acceptors (Lipinski definition) is 4. The van der Waals surface area contributed by atoms with E-state index in [9.17, 15) is 14.3 Å². The van der Waals surface area contributed by atoms with Crippen molar-refractivity contribution in [2.24, 2.45) is 5.92 Å². The van der Waals surface area contributed by atoms with E-state index < -0.39 is 13.5 Å². The van der Waals surface area contributed by atoms with Gasteiger partial charge in [-0.25, -0.2) is 0 Å². The van der Waals surface area contributed by atoms with Crippen LogP contribution in [0.1, 0.15) is 39.3 Å². The predicted octanol–water partition coefficient (Wildman–Crippen LogP) is 3.22. The lowest BCUT2D eigenvalue weighted by atomic mass is 10.00. The minimum absolute atomic E-state index is 0.0899. The van der Waals surface area contributed by atoms with Gasteiger partial charge in [0.2, 0.25) is 0 Å². The van der Waals surface area contributed by atoms with Crippen molar-refractivity contribution in [3.8, 4) is 0 Å². The van der Waals surface area contributed by atoms with E-state index in [4.69, 9.17) is 4.52 Å². The van der Waals surface area contributed by atoms with Crippen molar-refractivity contribution in [1.82, 2.24) is 4.98 Å². The molecule has 1 rings (SSSR count). The number of nitrogens with zero attached hydrogens (tertiary/aromatic N) is 1. The number of aromatic nitrogens is 1. The van der Waals surface area contributed by atoms with Crippen LogP contribution in [0.4, 0.5) is 0 Å². The summed E-state index contributed by atoms with van der Waals surface area (Å²) in [5.41, 5.74) is 0.874. The molecule has 0 aliphatic carbocycles. The monoisotopic (exact) mass is 313 g/mol. The largest absolute Gasteiger partial charge is 0.329 e. The van der Waals surface area contributed by atoms with Gasteiger partial charge in [-0.05, 0) is 45.2 Å². The molecule has 0 aliphatic rings. The molecule has 0 aliphatic heterocycles. The normalized spacial score (nSPS) is 17.0. The first-order chi connectivity index (χ1) is 9.84. The van der Waals surface area contributed by atoms with Gasteiger partial charge in [-0.2, -0.15) is 0 Å². The molecule has 3 unspecified atom stereocenters. The first-order valence-electron chi connectivity index (χ1n) is 7.24. The van der Waals surface area contributed by atoms with Crippen molar-refractivity contribution in [2.45, 2.75) is 46.1 Å². The molecule has 5 nitrogen and oxygen atoms in total. The van der Waals surface area contributed by atoms with Gasteiger partial charge in [-0.1, -0.05) is 13.0 Å². The van der Waals surface area contributed by atoms with Gasteiger partial charge in [0.25, 0.3) is 0 Å². The van der Waals surface area contributed by atoms with Gasteiger partial charge >= 0.3 is 7.60 Å². The van der Waals surface area contributed by atoms with E-state index in [0.717, 1.165) is 5.69 Å². The van der Waals surface area contributed by atoms with Crippen molar-refractivity contribution < 1.29 is 18.8 Å². The third-order valence-corrected chi connectivity index (χ3v) is 5.01. The first kappa shape index (κ1) is 18.0. The molecule has 0 bridgehead atoms. The smallest absolute Gasteiger partial charge is 0.324 e. The Kier molecular flexibility index (Phi) is 7.23. The van der Waals surface area contributed by atoms with E-state index in [1.54, 1.807) is 13.1 Å². The maximum absolute atomic E-state index is 12.1. The molecule has 0 saturated carbocycles. The third kappa shape index (κ3) is 6.98. The second kappa shape index (κ2) is 8.42. The average Bonchev–Trinajstić information content (AvgIpc) is 2.43. The van der Waals surface area contributed by atoms with Gasteiger partial charge in [-0.15, -0.1) is 0 Å². The molecular weight excluding hydrogens is 289 g/mol. The van der Waals surface area contributed by atoms with E-state index in [1.807, 2.05) is 25.1 Å². The number of aryl methyl sites for hydroxylation is 1. The summed E-state index contributed by atoms with van der Waals surface area (Å²) in [6.45, 7) is 5.08. The third-order valence-electron chi connectivity index (χ3n) is 3.42. The SMILES string of the molecule is CCC(C)OP(=O)(O)CC(CCc1ccccn1)C(C)=O. The zero-order valence-corrected chi connectivity index (χ0v) is 13.8. The van der Waals surface area contributed by atoms with Gasteiger partial charge in [0, 0.05) is 17.8 Å². The molecule has 0 radical (unpaired) electrons. The number of ketones is 1. The van der Waals surface area contributed by atoms with E-state index in [0.29, 0.717) is 19.3 Å². The van der Waals surface area contributed by atoms with Crippen molar-refractivity contribution in [3.05, 3.63) is 30.1 Å². The molecule has 6 heteroatoms. The summed E-state index contributed by atoms with van der Waals surface area (Å²) in [4.78, 5) is 25.8. The highest BCUT2D eigenvalue weighted by molar-refractivity contribution is 7.52. The van der Waals surface area contributed by atoms with E-state index >= 15 is 0 Å². The minimum atomic E-state index is -3.74. The van der Waals surface area contributed by atoms with Crippen LogP contribution in [0.25, 0.3) is 0 Å². The van der Waals surface area contributed by atoms with Gasteiger partial charge in [0.05, 0.1) is 12.3 Å². The standard InChI is InChI=1S/C15H24NO4P/c1-4-12(2)20-21(18,19)11-14(13(3)17)8-9-15-7-5-6-10-16-15/h5-7,10,12,14H,4,8-9,11H2,1-3H3,(H,18,19). The topological polar surface area (TPSA) is 76.5 Å². The van der Waals surface area contributed by atoms with Gasteiger partial charge < -0.3 is 9.42 Å². The maximum atomic E-state index is 12.1. The van der Waals surface area contributed by atoms with Crippen LogP contribution in [0, 0.1) is 5.92 Å². The van der Waals surface area contributed by atoms with E-state index in [2.05, 4.69) is 4.98 Å². The molecule has 1 aromatic heterocycles. The number of Topliss-reactive ketones (excluding diaryl/α,β-unsaturated/α-hetero) is 1. The highest BCUT2D eigenvalue weighted by Gasteiger charge is 2.29. The first-order valence-corrected chi connectivity index (χ1v) is 9.01. The van der Waals surface area contributed by atoms with Crippen LogP contribution >= 0.6 is 7.60 Å². The van der Waals surface area contributed by atoms with Crippen molar-refractivity contribution in [1.29, 1.82) is 0 Å². The second-order valence-corrected chi connectivity index (χ2v) is 7.16. The van der Waals surface area contributed by atoms with Crippen LogP contribution in [0.2, 0.25) is 0 Å². The van der Waals surface area contributed by atoms with E-state index in [1.165, 1.54) is 6.92 Å². The molecule has 118 valence electrons. The average molecular weight is 313 g/mol. The summed E-state index contributed by atoms with van der Waals surface area (Å²) in [6, 6.07) is 5.59. The second-order valence-electron chi connectivity index (χ2n) is 5.31. The summed E-state index contributed by atoms with van der Waals surface area (Å²) in [5.74, 6) is -0.570. The molecule has 1 heterocycles. The number of carbonyl (C=O) groups excluding carboxylic acids is 1. The van der Waals surface area contributed by atoms with Crippen molar-refractivity contribution in [3.63, 3.8) is 0 Å². The molecule has 0 aromatic carbocycles. The Balaban J connectivity index is 2.61. The van der Waals surface area contributed by atoms with Crippen LogP contribution in [0.15, 0.2) is 24.4 Å². The molecule has 0 amide bonds. The van der Waals surface area contributed by atoms with Crippen molar-refractivity contribution >= 4 is 13.4 Å². The Morgan fingerprint density at radius 1 is 1.48 bits per heavy atom. The Morgan fingerprint density at radius 2 is 2.19 bits per heavy atom. The van der Waals surface area contributed by atoms with Crippen LogP contribution in [-0.2, 0) is 20.3 Å². The van der Waals surface area contributed by atoms with Crippen LogP contribution in [0.3, 0.4) is 0 Å². The number of pyridine rings is 1. The number of rotatable bonds is 9. The van der Waals surface area contributed by atoms with Crippen LogP contribution < -0.4 is 0 Å². The Labute approximate surface area is 126 Å². The Hall–Kier alpha value is -1.03. The molecule has 0 fully saturated rings. The zero-order chi connectivity index (χ0) is 15.9. The molecule has 21 heavy (non-hydrogen) atoms. The quantitative estimate of drug-likeness (QED) is 0.708. The summed E-state index contributed by atoms with van der Waals surface area (Å²) in [5, 5.41) is 0. The van der Waals surface area contributed by atoms with Gasteiger partial charge in [0.15, 0.2) is 0 Å². The fraction of sp³-hybridized carbons (Fsp3) is 0.600. The number of carbonyl (C=O) groups is 1. The maximum Gasteiger partial charge on any atom is 0.329 e.